The van der Waals surface area contributed by atoms with Gasteiger partial charge in [-0.1, -0.05) is 103 Å². The molecular weight excluding hydrogens is 545 g/mol. The van der Waals surface area contributed by atoms with Crippen molar-refractivity contribution in [3.8, 4) is 33.4 Å². The molecule has 0 N–H and O–H groups in total. The summed E-state index contributed by atoms with van der Waals surface area (Å²) in [4.78, 5) is 2.62. The molecule has 3 heterocycles. The first-order valence-corrected chi connectivity index (χ1v) is 15.3. The van der Waals surface area contributed by atoms with E-state index in [-0.39, 0.29) is 0 Å². The van der Waals surface area contributed by atoms with Crippen LogP contribution in [0.25, 0.3) is 88.0 Å². The van der Waals surface area contributed by atoms with Crippen molar-refractivity contribution in [3.05, 3.63) is 133 Å². The number of fused-ring (bicyclic) bond motifs is 8. The minimum atomic E-state index is 0.877. The van der Waals surface area contributed by atoms with Crippen molar-refractivity contribution in [2.24, 2.45) is 0 Å². The first-order valence-electron chi connectivity index (χ1n) is 14.5. The molecule has 0 fully saturated rings. The van der Waals surface area contributed by atoms with Gasteiger partial charge in [0.2, 0.25) is 0 Å². The molecule has 10 rings (SSSR count). The molecule has 0 spiro atoms. The van der Waals surface area contributed by atoms with Gasteiger partial charge in [0, 0.05) is 42.3 Å². The van der Waals surface area contributed by atoms with E-state index < -0.39 is 0 Å². The molecule has 9 aromatic rings. The van der Waals surface area contributed by atoms with Crippen LogP contribution in [0.15, 0.2) is 152 Å². The third-order valence-corrected chi connectivity index (χ3v) is 10.0. The molecule has 2 nitrogen and oxygen atoms in total. The zero-order valence-corrected chi connectivity index (χ0v) is 23.7. The van der Waals surface area contributed by atoms with Gasteiger partial charge in [0.05, 0.1) is 0 Å². The van der Waals surface area contributed by atoms with Gasteiger partial charge in [-0.3, -0.25) is 0 Å². The average molecular weight is 567 g/mol. The third kappa shape index (κ3) is 3.31. The summed E-state index contributed by atoms with van der Waals surface area (Å²) < 4.78 is 12.9. The van der Waals surface area contributed by atoms with E-state index in [1.54, 1.807) is 0 Å². The number of hydrogen-bond acceptors (Lipinski definition) is 3. The fourth-order valence-electron chi connectivity index (χ4n) is 6.92. The summed E-state index contributed by atoms with van der Waals surface area (Å²) in [6, 6.07) is 47.6. The quantitative estimate of drug-likeness (QED) is 0.208. The molecule has 0 radical (unpaired) electrons. The highest BCUT2D eigenvalue weighted by molar-refractivity contribution is 7.99. The van der Waals surface area contributed by atoms with Crippen molar-refractivity contribution in [2.75, 3.05) is 0 Å². The van der Waals surface area contributed by atoms with Crippen molar-refractivity contribution in [1.29, 1.82) is 0 Å². The molecule has 3 heteroatoms. The summed E-state index contributed by atoms with van der Waals surface area (Å²) in [5.74, 6) is 0. The Morgan fingerprint density at radius 1 is 0.372 bits per heavy atom. The maximum atomic E-state index is 6.55. The number of benzene rings is 7. The van der Waals surface area contributed by atoms with Crippen LogP contribution in [0.2, 0.25) is 0 Å². The van der Waals surface area contributed by atoms with Crippen LogP contribution in [0.3, 0.4) is 0 Å². The predicted octanol–water partition coefficient (Wildman–Crippen LogP) is 12.1. The smallest absolute Gasteiger partial charge is 0.143 e. The maximum Gasteiger partial charge on any atom is 0.143 e. The van der Waals surface area contributed by atoms with E-state index in [9.17, 15) is 0 Å². The van der Waals surface area contributed by atoms with Crippen LogP contribution in [0, 0.1) is 0 Å². The second kappa shape index (κ2) is 8.64. The lowest BCUT2D eigenvalue weighted by Crippen LogP contribution is -1.93. The maximum absolute atomic E-state index is 6.55. The standard InChI is InChI=1S/C40H22O2S/c1-3-13-34-27(7-1)33-12-5-9-26(40(33)42-34)24-16-18-29-28-17-15-23(21-35(28)41-36(29)22-24)25-19-20-38-39-31(25)10-6-11-32(39)30-8-2-4-14-37(30)43-38/h1-22H. The summed E-state index contributed by atoms with van der Waals surface area (Å²) >= 11 is 1.86. The van der Waals surface area contributed by atoms with Gasteiger partial charge < -0.3 is 8.83 Å². The largest absolute Gasteiger partial charge is 0.456 e. The molecule has 0 bridgehead atoms. The monoisotopic (exact) mass is 566 g/mol. The van der Waals surface area contributed by atoms with Crippen LogP contribution in [0.5, 0.6) is 0 Å². The first kappa shape index (κ1) is 23.3. The molecule has 200 valence electrons. The highest BCUT2D eigenvalue weighted by Crippen LogP contribution is 2.50. The van der Waals surface area contributed by atoms with Crippen LogP contribution in [-0.4, -0.2) is 0 Å². The predicted molar refractivity (Wildman–Crippen MR) is 179 cm³/mol. The Hall–Kier alpha value is -5.25. The fraction of sp³-hybridized carbons (Fsp3) is 0. The Kier molecular flexibility index (Phi) is 4.68. The van der Waals surface area contributed by atoms with Crippen LogP contribution in [0.4, 0.5) is 0 Å². The molecule has 1 aliphatic heterocycles. The van der Waals surface area contributed by atoms with Crippen molar-refractivity contribution >= 4 is 66.4 Å². The van der Waals surface area contributed by atoms with Gasteiger partial charge in [-0.2, -0.15) is 0 Å². The number of furan rings is 2. The lowest BCUT2D eigenvalue weighted by Gasteiger charge is -2.21. The topological polar surface area (TPSA) is 26.3 Å². The molecule has 0 unspecified atom stereocenters. The van der Waals surface area contributed by atoms with Crippen molar-refractivity contribution in [3.63, 3.8) is 0 Å². The number of rotatable bonds is 2. The summed E-state index contributed by atoms with van der Waals surface area (Å²) in [6.45, 7) is 0. The van der Waals surface area contributed by atoms with Gasteiger partial charge in [0.1, 0.15) is 22.3 Å². The summed E-state index contributed by atoms with van der Waals surface area (Å²) in [5.41, 5.74) is 10.7. The Morgan fingerprint density at radius 3 is 1.88 bits per heavy atom. The summed E-state index contributed by atoms with van der Waals surface area (Å²) in [5, 5.41) is 7.11. The SMILES string of the molecule is c1ccc2c(c1)Sc1ccc(-c3ccc4c(c3)oc3cc(-c5cccc6c5oc5ccccc56)ccc34)c3cccc-2c13. The summed E-state index contributed by atoms with van der Waals surface area (Å²) in [7, 11) is 0. The van der Waals surface area contributed by atoms with E-state index in [1.165, 1.54) is 37.3 Å². The molecule has 43 heavy (non-hydrogen) atoms. The first-order chi connectivity index (χ1) is 21.3. The minimum Gasteiger partial charge on any atom is -0.456 e. The Balaban J connectivity index is 1.12. The Bertz CT molecular complexity index is 2600. The lowest BCUT2D eigenvalue weighted by atomic mass is 9.92. The van der Waals surface area contributed by atoms with Crippen LogP contribution >= 0.6 is 11.8 Å². The molecule has 2 aromatic heterocycles. The highest BCUT2D eigenvalue weighted by atomic mass is 32.2. The number of hydrogen-bond donors (Lipinski definition) is 0. The van der Waals surface area contributed by atoms with Gasteiger partial charge in [-0.15, -0.1) is 0 Å². The second-order valence-corrected chi connectivity index (χ2v) is 12.3. The Morgan fingerprint density at radius 2 is 1.02 bits per heavy atom. The van der Waals surface area contributed by atoms with Gasteiger partial charge in [-0.25, -0.2) is 0 Å². The van der Waals surface area contributed by atoms with E-state index >= 15 is 0 Å². The van der Waals surface area contributed by atoms with Crippen LogP contribution < -0.4 is 0 Å². The zero-order valence-electron chi connectivity index (χ0n) is 22.9. The zero-order chi connectivity index (χ0) is 28.1. The fourth-order valence-corrected chi connectivity index (χ4v) is 8.05. The average Bonchev–Trinajstić information content (AvgIpc) is 3.62. The van der Waals surface area contributed by atoms with Crippen LogP contribution in [0.1, 0.15) is 0 Å². The minimum absolute atomic E-state index is 0.877. The van der Waals surface area contributed by atoms with Crippen molar-refractivity contribution in [2.45, 2.75) is 9.79 Å². The third-order valence-electron chi connectivity index (χ3n) is 8.90. The second-order valence-electron chi connectivity index (χ2n) is 11.2. The normalized spacial score (nSPS) is 12.6. The molecule has 0 saturated heterocycles. The molecule has 0 saturated carbocycles. The molecule has 0 aliphatic carbocycles. The molecule has 1 aliphatic rings. The highest BCUT2D eigenvalue weighted by Gasteiger charge is 2.21. The summed E-state index contributed by atoms with van der Waals surface area (Å²) in [6.07, 6.45) is 0. The van der Waals surface area contributed by atoms with Gasteiger partial charge >= 0.3 is 0 Å². The van der Waals surface area contributed by atoms with E-state index in [2.05, 4.69) is 121 Å². The molecule has 0 atom stereocenters. The van der Waals surface area contributed by atoms with Gasteiger partial charge in [0.25, 0.3) is 0 Å². The van der Waals surface area contributed by atoms with Crippen molar-refractivity contribution in [1.82, 2.24) is 0 Å². The van der Waals surface area contributed by atoms with Crippen molar-refractivity contribution < 1.29 is 8.83 Å². The molecular formula is C40H22O2S. The Labute approximate surface area is 251 Å². The van der Waals surface area contributed by atoms with E-state index in [4.69, 9.17) is 8.83 Å². The van der Waals surface area contributed by atoms with Crippen LogP contribution in [-0.2, 0) is 0 Å². The number of para-hydroxylation sites is 2. The van der Waals surface area contributed by atoms with Gasteiger partial charge in [0.15, 0.2) is 0 Å². The molecule has 0 amide bonds. The van der Waals surface area contributed by atoms with Gasteiger partial charge in [-0.05, 0) is 75.7 Å². The van der Waals surface area contributed by atoms with E-state index in [0.29, 0.717) is 0 Å². The van der Waals surface area contributed by atoms with E-state index in [0.717, 1.165) is 60.6 Å². The lowest BCUT2D eigenvalue weighted by molar-refractivity contribution is 0.668. The van der Waals surface area contributed by atoms with E-state index in [1.807, 2.05) is 23.9 Å². The molecule has 7 aromatic carbocycles.